The van der Waals surface area contributed by atoms with E-state index in [1.165, 1.54) is 12.8 Å². The number of aromatic nitrogens is 2. The van der Waals surface area contributed by atoms with Crippen LogP contribution in [0.4, 0.5) is 0 Å². The summed E-state index contributed by atoms with van der Waals surface area (Å²) in [6.07, 6.45) is 6.34. The Kier molecular flexibility index (Phi) is 3.62. The van der Waals surface area contributed by atoms with Crippen LogP contribution in [-0.2, 0) is 6.54 Å². The molecule has 1 heterocycles. The molecule has 3 heteroatoms. The first-order valence-corrected chi connectivity index (χ1v) is 5.96. The van der Waals surface area contributed by atoms with E-state index in [2.05, 4.69) is 18.2 Å². The summed E-state index contributed by atoms with van der Waals surface area (Å²) in [6, 6.07) is 7.84. The minimum atomic E-state index is 0.766. The highest BCUT2D eigenvalue weighted by molar-refractivity contribution is 6.30. The van der Waals surface area contributed by atoms with Gasteiger partial charge in [-0.2, -0.15) is 5.10 Å². The molecule has 2 rings (SSSR count). The summed E-state index contributed by atoms with van der Waals surface area (Å²) in [5.74, 6) is 0. The molecule has 0 saturated carbocycles. The Labute approximate surface area is 101 Å². The van der Waals surface area contributed by atoms with Crippen LogP contribution in [0.15, 0.2) is 36.7 Å². The Morgan fingerprint density at radius 2 is 1.94 bits per heavy atom. The van der Waals surface area contributed by atoms with E-state index in [0.717, 1.165) is 22.7 Å². The van der Waals surface area contributed by atoms with E-state index >= 15 is 0 Å². The van der Waals surface area contributed by atoms with E-state index in [1.807, 2.05) is 35.1 Å². The summed E-state index contributed by atoms with van der Waals surface area (Å²) in [6.45, 7) is 3.17. The van der Waals surface area contributed by atoms with Gasteiger partial charge in [0.1, 0.15) is 0 Å². The van der Waals surface area contributed by atoms with E-state index in [9.17, 15) is 0 Å². The predicted octanol–water partition coefficient (Wildman–Crippen LogP) is 4.00. The van der Waals surface area contributed by atoms with Gasteiger partial charge in [-0.05, 0) is 24.1 Å². The van der Waals surface area contributed by atoms with Gasteiger partial charge in [-0.3, -0.25) is 4.68 Å². The Balaban J connectivity index is 2.15. The topological polar surface area (TPSA) is 17.8 Å². The van der Waals surface area contributed by atoms with Gasteiger partial charge in [0.25, 0.3) is 0 Å². The first kappa shape index (κ1) is 11.2. The fraction of sp³-hybridized carbons (Fsp3) is 0.308. The van der Waals surface area contributed by atoms with Gasteiger partial charge in [0, 0.05) is 23.3 Å². The molecule has 0 radical (unpaired) electrons. The van der Waals surface area contributed by atoms with Crippen molar-refractivity contribution in [2.24, 2.45) is 0 Å². The lowest BCUT2D eigenvalue weighted by atomic mass is 10.1. The predicted molar refractivity (Wildman–Crippen MR) is 67.6 cm³/mol. The maximum atomic E-state index is 5.85. The van der Waals surface area contributed by atoms with E-state index in [1.54, 1.807) is 0 Å². The maximum Gasteiger partial charge on any atom is 0.0568 e. The fourth-order valence-corrected chi connectivity index (χ4v) is 1.72. The van der Waals surface area contributed by atoms with Crippen LogP contribution in [0.1, 0.15) is 19.8 Å². The second-order valence-corrected chi connectivity index (χ2v) is 4.29. The highest BCUT2D eigenvalue weighted by Crippen LogP contribution is 2.20. The molecule has 0 spiro atoms. The monoisotopic (exact) mass is 234 g/mol. The molecule has 0 bridgehead atoms. The smallest absolute Gasteiger partial charge is 0.0568 e. The van der Waals surface area contributed by atoms with Crippen molar-refractivity contribution in [3.8, 4) is 11.1 Å². The van der Waals surface area contributed by atoms with Gasteiger partial charge in [0.05, 0.1) is 6.20 Å². The minimum Gasteiger partial charge on any atom is -0.272 e. The quantitative estimate of drug-likeness (QED) is 0.782. The minimum absolute atomic E-state index is 0.766. The van der Waals surface area contributed by atoms with Crippen LogP contribution in [0.2, 0.25) is 5.02 Å². The van der Waals surface area contributed by atoms with Crippen molar-refractivity contribution in [1.82, 2.24) is 9.78 Å². The molecule has 0 saturated heterocycles. The number of nitrogens with zero attached hydrogens (tertiary/aromatic N) is 2. The van der Waals surface area contributed by atoms with Crippen molar-refractivity contribution >= 4 is 11.6 Å². The summed E-state index contributed by atoms with van der Waals surface area (Å²) >= 11 is 5.85. The Hall–Kier alpha value is -1.28. The van der Waals surface area contributed by atoms with Crippen LogP contribution in [0.5, 0.6) is 0 Å². The van der Waals surface area contributed by atoms with E-state index in [0.29, 0.717) is 0 Å². The molecule has 0 aliphatic carbocycles. The third kappa shape index (κ3) is 2.64. The molecule has 0 atom stereocenters. The summed E-state index contributed by atoms with van der Waals surface area (Å²) < 4.78 is 1.99. The highest BCUT2D eigenvalue weighted by Gasteiger charge is 2.01. The van der Waals surface area contributed by atoms with Gasteiger partial charge >= 0.3 is 0 Å². The number of benzene rings is 1. The first-order valence-electron chi connectivity index (χ1n) is 5.58. The molecule has 0 N–H and O–H groups in total. The van der Waals surface area contributed by atoms with Crippen LogP contribution in [0.3, 0.4) is 0 Å². The maximum absolute atomic E-state index is 5.85. The zero-order valence-corrected chi connectivity index (χ0v) is 10.1. The second-order valence-electron chi connectivity index (χ2n) is 3.85. The number of hydrogen-bond acceptors (Lipinski definition) is 1. The number of aryl methyl sites for hydroxylation is 1. The summed E-state index contributed by atoms with van der Waals surface area (Å²) in [4.78, 5) is 0. The molecule has 1 aromatic heterocycles. The van der Waals surface area contributed by atoms with Gasteiger partial charge in [-0.15, -0.1) is 0 Å². The molecule has 2 aromatic rings. The second kappa shape index (κ2) is 5.17. The lowest BCUT2D eigenvalue weighted by Gasteiger charge is -1.98. The van der Waals surface area contributed by atoms with Crippen LogP contribution < -0.4 is 0 Å². The van der Waals surface area contributed by atoms with Crippen LogP contribution in [-0.4, -0.2) is 9.78 Å². The number of rotatable bonds is 4. The summed E-state index contributed by atoms with van der Waals surface area (Å²) in [7, 11) is 0. The highest BCUT2D eigenvalue weighted by atomic mass is 35.5. The number of unbranched alkanes of at least 4 members (excludes halogenated alkanes) is 1. The van der Waals surface area contributed by atoms with Crippen molar-refractivity contribution in [2.45, 2.75) is 26.3 Å². The average molecular weight is 235 g/mol. The average Bonchev–Trinajstić information content (AvgIpc) is 2.76. The molecule has 0 amide bonds. The van der Waals surface area contributed by atoms with Crippen molar-refractivity contribution in [1.29, 1.82) is 0 Å². The van der Waals surface area contributed by atoms with Gasteiger partial charge < -0.3 is 0 Å². The third-order valence-corrected chi connectivity index (χ3v) is 2.80. The SMILES string of the molecule is CCCCn1cc(-c2ccc(Cl)cc2)cn1. The first-order chi connectivity index (χ1) is 7.79. The van der Waals surface area contributed by atoms with Crippen LogP contribution in [0.25, 0.3) is 11.1 Å². The van der Waals surface area contributed by atoms with Crippen LogP contribution in [0, 0.1) is 0 Å². The van der Waals surface area contributed by atoms with Crippen LogP contribution >= 0.6 is 11.6 Å². The van der Waals surface area contributed by atoms with Gasteiger partial charge in [0.2, 0.25) is 0 Å². The standard InChI is InChI=1S/C13H15ClN2/c1-2-3-8-16-10-12(9-15-16)11-4-6-13(14)7-5-11/h4-7,9-10H,2-3,8H2,1H3. The van der Waals surface area contributed by atoms with Gasteiger partial charge in [-0.25, -0.2) is 0 Å². The Morgan fingerprint density at radius 1 is 1.19 bits per heavy atom. The van der Waals surface area contributed by atoms with E-state index in [-0.39, 0.29) is 0 Å². The van der Waals surface area contributed by atoms with E-state index < -0.39 is 0 Å². The lowest BCUT2D eigenvalue weighted by Crippen LogP contribution is -1.96. The fourth-order valence-electron chi connectivity index (χ4n) is 1.60. The van der Waals surface area contributed by atoms with Gasteiger partial charge in [-0.1, -0.05) is 37.1 Å². The van der Waals surface area contributed by atoms with Gasteiger partial charge in [0.15, 0.2) is 0 Å². The molecule has 0 fully saturated rings. The Morgan fingerprint density at radius 3 is 2.62 bits per heavy atom. The molecule has 0 aliphatic heterocycles. The molecule has 16 heavy (non-hydrogen) atoms. The molecule has 2 nitrogen and oxygen atoms in total. The third-order valence-electron chi connectivity index (χ3n) is 2.55. The summed E-state index contributed by atoms with van der Waals surface area (Å²) in [5.41, 5.74) is 2.31. The Bertz CT molecular complexity index is 445. The normalized spacial score (nSPS) is 10.6. The zero-order chi connectivity index (χ0) is 11.4. The molecule has 1 aromatic carbocycles. The van der Waals surface area contributed by atoms with Crippen molar-refractivity contribution in [3.05, 3.63) is 41.7 Å². The van der Waals surface area contributed by atoms with Crippen molar-refractivity contribution < 1.29 is 0 Å². The molecule has 84 valence electrons. The van der Waals surface area contributed by atoms with E-state index in [4.69, 9.17) is 11.6 Å². The zero-order valence-electron chi connectivity index (χ0n) is 9.36. The number of hydrogen-bond donors (Lipinski definition) is 0. The molecular formula is C13H15ClN2. The number of halogens is 1. The van der Waals surface area contributed by atoms with Crippen molar-refractivity contribution in [3.63, 3.8) is 0 Å². The largest absolute Gasteiger partial charge is 0.272 e. The summed E-state index contributed by atoms with van der Waals surface area (Å²) in [5, 5.41) is 5.10. The molecule has 0 unspecified atom stereocenters. The van der Waals surface area contributed by atoms with Crippen molar-refractivity contribution in [2.75, 3.05) is 0 Å². The molecule has 0 aliphatic rings. The molecular weight excluding hydrogens is 220 g/mol. The lowest BCUT2D eigenvalue weighted by molar-refractivity contribution is 0.572.